The van der Waals surface area contributed by atoms with Crippen molar-refractivity contribution in [2.75, 3.05) is 0 Å². The molecule has 0 aliphatic rings. The lowest BCUT2D eigenvalue weighted by Gasteiger charge is -2.13. The lowest BCUT2D eigenvalue weighted by Crippen LogP contribution is -2.23. The van der Waals surface area contributed by atoms with Crippen LogP contribution in [0, 0.1) is 11.3 Å². The molecule has 1 N–H and O–H groups in total. The smallest absolute Gasteiger partial charge is 0.278 e. The largest absolute Gasteiger partial charge is 0.337 e. The van der Waals surface area contributed by atoms with Crippen LogP contribution in [0.3, 0.4) is 0 Å². The SMILES string of the molecule is CC(C)c1c(-c2ccnn2C)[nH]c2c(C#N)cnn2c1=O. The van der Waals surface area contributed by atoms with Gasteiger partial charge in [0.15, 0.2) is 5.65 Å². The number of nitrogens with one attached hydrogen (secondary N) is 1. The molecule has 0 fully saturated rings. The monoisotopic (exact) mass is 282 g/mol. The van der Waals surface area contributed by atoms with Gasteiger partial charge in [0, 0.05) is 18.8 Å². The van der Waals surface area contributed by atoms with Crippen molar-refractivity contribution in [3.63, 3.8) is 0 Å². The highest BCUT2D eigenvalue weighted by molar-refractivity contribution is 5.65. The van der Waals surface area contributed by atoms with Crippen LogP contribution >= 0.6 is 0 Å². The van der Waals surface area contributed by atoms with Gasteiger partial charge in [-0.15, -0.1) is 0 Å². The molecular weight excluding hydrogens is 268 g/mol. The van der Waals surface area contributed by atoms with Gasteiger partial charge in [-0.25, -0.2) is 0 Å². The minimum absolute atomic E-state index is 0.0118. The minimum Gasteiger partial charge on any atom is -0.337 e. The summed E-state index contributed by atoms with van der Waals surface area (Å²) in [6, 6.07) is 3.87. The van der Waals surface area contributed by atoms with E-state index in [0.29, 0.717) is 22.5 Å². The van der Waals surface area contributed by atoms with Crippen molar-refractivity contribution in [1.82, 2.24) is 24.4 Å². The summed E-state index contributed by atoms with van der Waals surface area (Å²) in [5, 5.41) is 17.3. The second kappa shape index (κ2) is 4.59. The summed E-state index contributed by atoms with van der Waals surface area (Å²) in [5.74, 6) is 0.0118. The zero-order chi connectivity index (χ0) is 15.1. The lowest BCUT2D eigenvalue weighted by molar-refractivity contribution is 0.758. The molecule has 21 heavy (non-hydrogen) atoms. The van der Waals surface area contributed by atoms with Crippen molar-refractivity contribution in [1.29, 1.82) is 5.26 Å². The summed E-state index contributed by atoms with van der Waals surface area (Å²) in [5.41, 5.74) is 2.63. The van der Waals surface area contributed by atoms with Crippen LogP contribution in [0.25, 0.3) is 17.0 Å². The molecule has 0 aliphatic carbocycles. The third-order valence-corrected chi connectivity index (χ3v) is 3.48. The molecule has 7 nitrogen and oxygen atoms in total. The molecule has 0 amide bonds. The topological polar surface area (TPSA) is 91.8 Å². The van der Waals surface area contributed by atoms with Gasteiger partial charge in [0.2, 0.25) is 0 Å². The third kappa shape index (κ3) is 1.84. The normalized spacial score (nSPS) is 11.2. The van der Waals surface area contributed by atoms with Gasteiger partial charge in [-0.2, -0.15) is 20.0 Å². The van der Waals surface area contributed by atoms with E-state index < -0.39 is 0 Å². The molecule has 3 aromatic heterocycles. The summed E-state index contributed by atoms with van der Waals surface area (Å²) in [6.45, 7) is 3.90. The van der Waals surface area contributed by atoms with E-state index >= 15 is 0 Å². The molecule has 0 aliphatic heterocycles. The first-order valence-electron chi connectivity index (χ1n) is 6.57. The van der Waals surface area contributed by atoms with Crippen LogP contribution in [-0.2, 0) is 7.05 Å². The molecule has 0 atom stereocenters. The molecule has 0 saturated heterocycles. The summed E-state index contributed by atoms with van der Waals surface area (Å²) >= 11 is 0. The quantitative estimate of drug-likeness (QED) is 0.769. The van der Waals surface area contributed by atoms with E-state index in [2.05, 4.69) is 15.2 Å². The van der Waals surface area contributed by atoms with E-state index in [0.717, 1.165) is 5.69 Å². The van der Waals surface area contributed by atoms with Crippen LogP contribution in [0.5, 0.6) is 0 Å². The number of hydrogen-bond acceptors (Lipinski definition) is 4. The number of H-pyrrole nitrogens is 1. The Kier molecular flexibility index (Phi) is 2.87. The minimum atomic E-state index is -0.212. The second-order valence-electron chi connectivity index (χ2n) is 5.14. The number of rotatable bonds is 2. The highest BCUT2D eigenvalue weighted by Crippen LogP contribution is 2.25. The van der Waals surface area contributed by atoms with Crippen LogP contribution in [0.1, 0.15) is 30.9 Å². The summed E-state index contributed by atoms with van der Waals surface area (Å²) in [7, 11) is 1.81. The van der Waals surface area contributed by atoms with E-state index in [9.17, 15) is 4.79 Å². The molecule has 3 aromatic rings. The molecule has 0 saturated carbocycles. The maximum atomic E-state index is 12.7. The zero-order valence-electron chi connectivity index (χ0n) is 12.0. The van der Waals surface area contributed by atoms with Crippen LogP contribution in [0.15, 0.2) is 23.3 Å². The first kappa shape index (κ1) is 13.1. The molecule has 106 valence electrons. The maximum absolute atomic E-state index is 12.7. The highest BCUT2D eigenvalue weighted by Gasteiger charge is 2.20. The molecule has 7 heteroatoms. The highest BCUT2D eigenvalue weighted by atomic mass is 16.1. The van der Waals surface area contributed by atoms with Crippen LogP contribution in [0.4, 0.5) is 0 Å². The standard InChI is InChI=1S/C14H14N6O/c1-8(2)11-12(10-4-5-16-19(10)3)18-13-9(6-15)7-17-20(13)14(11)21/h4-5,7-8,18H,1-3H3. The molecule has 0 aromatic carbocycles. The van der Waals surface area contributed by atoms with Gasteiger partial charge >= 0.3 is 0 Å². The molecule has 0 radical (unpaired) electrons. The molecule has 0 bridgehead atoms. The van der Waals surface area contributed by atoms with Gasteiger partial charge in [-0.05, 0) is 12.0 Å². The maximum Gasteiger partial charge on any atom is 0.278 e. The molecule has 3 heterocycles. The fourth-order valence-corrected chi connectivity index (χ4v) is 2.47. The van der Waals surface area contributed by atoms with Crippen molar-refractivity contribution in [3.8, 4) is 17.5 Å². The van der Waals surface area contributed by atoms with Crippen LogP contribution in [-0.4, -0.2) is 24.4 Å². The number of nitrogens with zero attached hydrogens (tertiary/aromatic N) is 5. The van der Waals surface area contributed by atoms with E-state index in [-0.39, 0.29) is 11.5 Å². The Balaban J connectivity index is 2.47. The van der Waals surface area contributed by atoms with E-state index in [1.807, 2.05) is 33.0 Å². The van der Waals surface area contributed by atoms with E-state index in [4.69, 9.17) is 5.26 Å². The lowest BCUT2D eigenvalue weighted by atomic mass is 10.0. The van der Waals surface area contributed by atoms with Crippen molar-refractivity contribution < 1.29 is 0 Å². The second-order valence-corrected chi connectivity index (χ2v) is 5.14. The number of nitriles is 1. The van der Waals surface area contributed by atoms with Gasteiger partial charge in [0.05, 0.1) is 17.6 Å². The fourth-order valence-electron chi connectivity index (χ4n) is 2.47. The predicted octanol–water partition coefficient (Wildman–Crippen LogP) is 1.42. The number of aryl methyl sites for hydroxylation is 1. The van der Waals surface area contributed by atoms with Crippen molar-refractivity contribution in [2.45, 2.75) is 19.8 Å². The fraction of sp³-hybridized carbons (Fsp3) is 0.286. The van der Waals surface area contributed by atoms with Crippen molar-refractivity contribution in [2.24, 2.45) is 7.05 Å². The summed E-state index contributed by atoms with van der Waals surface area (Å²) in [4.78, 5) is 15.8. The van der Waals surface area contributed by atoms with Gasteiger partial charge in [0.1, 0.15) is 11.6 Å². The van der Waals surface area contributed by atoms with Gasteiger partial charge in [-0.3, -0.25) is 9.48 Å². The Morgan fingerprint density at radius 3 is 2.71 bits per heavy atom. The van der Waals surface area contributed by atoms with Crippen LogP contribution in [0.2, 0.25) is 0 Å². The number of aromatic nitrogens is 5. The predicted molar refractivity (Wildman–Crippen MR) is 76.8 cm³/mol. The van der Waals surface area contributed by atoms with Gasteiger partial charge in [-0.1, -0.05) is 13.8 Å². The number of aromatic amines is 1. The molecule has 0 spiro atoms. The Morgan fingerprint density at radius 1 is 1.38 bits per heavy atom. The third-order valence-electron chi connectivity index (χ3n) is 3.48. The molecular formula is C14H14N6O. The Bertz CT molecular complexity index is 921. The number of hydrogen-bond donors (Lipinski definition) is 1. The molecule has 0 unspecified atom stereocenters. The van der Waals surface area contributed by atoms with E-state index in [1.54, 1.807) is 10.9 Å². The average molecular weight is 282 g/mol. The van der Waals surface area contributed by atoms with Crippen LogP contribution < -0.4 is 5.56 Å². The van der Waals surface area contributed by atoms with Gasteiger partial charge in [0.25, 0.3) is 5.56 Å². The van der Waals surface area contributed by atoms with E-state index in [1.165, 1.54) is 10.7 Å². The Labute approximate surface area is 120 Å². The van der Waals surface area contributed by atoms with Gasteiger partial charge < -0.3 is 4.98 Å². The average Bonchev–Trinajstić information content (AvgIpc) is 3.03. The first-order valence-corrected chi connectivity index (χ1v) is 6.57. The Hall–Kier alpha value is -2.88. The summed E-state index contributed by atoms with van der Waals surface area (Å²) in [6.07, 6.45) is 3.06. The number of fused-ring (bicyclic) bond motifs is 1. The Morgan fingerprint density at radius 2 is 2.14 bits per heavy atom. The molecule has 3 rings (SSSR count). The summed E-state index contributed by atoms with van der Waals surface area (Å²) < 4.78 is 2.93. The zero-order valence-corrected chi connectivity index (χ0v) is 12.0. The van der Waals surface area contributed by atoms with Crippen molar-refractivity contribution in [3.05, 3.63) is 39.9 Å². The van der Waals surface area contributed by atoms with Crippen molar-refractivity contribution >= 4 is 5.65 Å². The first-order chi connectivity index (χ1) is 10.0.